The normalized spacial score (nSPS) is 17.1. The van der Waals surface area contributed by atoms with Gasteiger partial charge in [-0.15, -0.1) is 0 Å². The van der Waals surface area contributed by atoms with Gasteiger partial charge in [0.05, 0.1) is 17.0 Å². The molecule has 1 aliphatic heterocycles. The molecule has 0 atom stereocenters. The van der Waals surface area contributed by atoms with Crippen LogP contribution in [0.3, 0.4) is 0 Å². The SMILES string of the molecule is Cc1nn(C)c(C)c1C(=O)N1CCN(c2nccn3nc4c(c23)CCCC4)CC1. The van der Waals surface area contributed by atoms with Crippen molar-refractivity contribution in [3.8, 4) is 0 Å². The predicted molar refractivity (Wildman–Crippen MR) is 110 cm³/mol. The average Bonchev–Trinajstić information content (AvgIpc) is 3.24. The molecule has 0 radical (unpaired) electrons. The molecule has 0 spiro atoms. The van der Waals surface area contributed by atoms with E-state index in [4.69, 9.17) is 10.1 Å². The van der Waals surface area contributed by atoms with Gasteiger partial charge in [-0.25, -0.2) is 9.50 Å². The van der Waals surface area contributed by atoms with Gasteiger partial charge < -0.3 is 9.80 Å². The first-order valence-corrected chi connectivity index (χ1v) is 10.4. The number of carbonyl (C=O) groups is 1. The number of carbonyl (C=O) groups excluding carboxylic acids is 1. The number of piperazine rings is 1. The lowest BCUT2D eigenvalue weighted by molar-refractivity contribution is 0.0745. The van der Waals surface area contributed by atoms with Gasteiger partial charge in [0, 0.05) is 56.9 Å². The molecule has 1 amide bonds. The maximum Gasteiger partial charge on any atom is 0.257 e. The van der Waals surface area contributed by atoms with Gasteiger partial charge in [-0.05, 0) is 39.5 Å². The molecule has 0 saturated carbocycles. The molecule has 152 valence electrons. The van der Waals surface area contributed by atoms with Crippen molar-refractivity contribution in [2.24, 2.45) is 7.05 Å². The Morgan fingerprint density at radius 3 is 2.52 bits per heavy atom. The summed E-state index contributed by atoms with van der Waals surface area (Å²) in [5.41, 5.74) is 6.20. The van der Waals surface area contributed by atoms with Crippen molar-refractivity contribution >= 4 is 17.2 Å². The van der Waals surface area contributed by atoms with E-state index in [1.54, 1.807) is 4.68 Å². The van der Waals surface area contributed by atoms with Crippen LogP contribution in [0.2, 0.25) is 0 Å². The van der Waals surface area contributed by atoms with Gasteiger partial charge in [0.1, 0.15) is 5.52 Å². The maximum atomic E-state index is 13.1. The van der Waals surface area contributed by atoms with Crippen LogP contribution in [0.25, 0.3) is 5.52 Å². The lowest BCUT2D eigenvalue weighted by Crippen LogP contribution is -2.49. The van der Waals surface area contributed by atoms with Crippen molar-refractivity contribution in [3.05, 3.63) is 40.6 Å². The second-order valence-corrected chi connectivity index (χ2v) is 8.13. The summed E-state index contributed by atoms with van der Waals surface area (Å²) in [6, 6.07) is 0. The Bertz CT molecular complexity index is 1090. The van der Waals surface area contributed by atoms with Crippen LogP contribution in [0.4, 0.5) is 5.82 Å². The van der Waals surface area contributed by atoms with Crippen LogP contribution in [0, 0.1) is 13.8 Å². The second-order valence-electron chi connectivity index (χ2n) is 8.13. The van der Waals surface area contributed by atoms with Crippen LogP contribution in [0.15, 0.2) is 12.4 Å². The molecule has 4 heterocycles. The standard InChI is InChI=1S/C21H27N7O/c1-14-18(15(2)25(3)23-14)21(29)27-12-10-26(11-13-27)20-19-16-6-4-5-7-17(16)24-28(19)9-8-22-20/h8-9H,4-7,10-13H2,1-3H3. The topological polar surface area (TPSA) is 71.6 Å². The minimum Gasteiger partial charge on any atom is -0.351 e. The highest BCUT2D eigenvalue weighted by atomic mass is 16.2. The van der Waals surface area contributed by atoms with Crippen LogP contribution in [0.5, 0.6) is 0 Å². The Hall–Kier alpha value is -2.90. The van der Waals surface area contributed by atoms with E-state index in [0.717, 1.165) is 54.2 Å². The van der Waals surface area contributed by atoms with Gasteiger partial charge in [0.15, 0.2) is 5.82 Å². The number of anilines is 1. The highest BCUT2D eigenvalue weighted by Gasteiger charge is 2.29. The van der Waals surface area contributed by atoms with Crippen LogP contribution in [-0.2, 0) is 19.9 Å². The molecule has 1 fully saturated rings. The largest absolute Gasteiger partial charge is 0.351 e. The predicted octanol–water partition coefficient (Wildman–Crippen LogP) is 1.92. The maximum absolute atomic E-state index is 13.1. The van der Waals surface area contributed by atoms with Gasteiger partial charge in [-0.3, -0.25) is 9.48 Å². The summed E-state index contributed by atoms with van der Waals surface area (Å²) in [5.74, 6) is 1.09. The average molecular weight is 393 g/mol. The van der Waals surface area contributed by atoms with E-state index < -0.39 is 0 Å². The Labute approximate surface area is 170 Å². The summed E-state index contributed by atoms with van der Waals surface area (Å²) in [6.45, 7) is 6.78. The van der Waals surface area contributed by atoms with Gasteiger partial charge in [-0.1, -0.05) is 0 Å². The molecular weight excluding hydrogens is 366 g/mol. The number of rotatable bonds is 2. The number of nitrogens with zero attached hydrogens (tertiary/aromatic N) is 7. The Balaban J connectivity index is 1.39. The highest BCUT2D eigenvalue weighted by Crippen LogP contribution is 2.30. The van der Waals surface area contributed by atoms with E-state index in [-0.39, 0.29) is 5.91 Å². The van der Waals surface area contributed by atoms with E-state index in [1.807, 2.05) is 42.7 Å². The van der Waals surface area contributed by atoms with E-state index in [2.05, 4.69) is 10.00 Å². The van der Waals surface area contributed by atoms with Crippen LogP contribution < -0.4 is 4.90 Å². The lowest BCUT2D eigenvalue weighted by Gasteiger charge is -2.35. The third kappa shape index (κ3) is 2.89. The molecule has 29 heavy (non-hydrogen) atoms. The molecule has 8 heteroatoms. The molecule has 3 aromatic heterocycles. The molecule has 1 saturated heterocycles. The fourth-order valence-electron chi connectivity index (χ4n) is 4.74. The Morgan fingerprint density at radius 1 is 1.03 bits per heavy atom. The first-order chi connectivity index (χ1) is 14.0. The summed E-state index contributed by atoms with van der Waals surface area (Å²) in [6.07, 6.45) is 8.35. The molecular formula is C21H27N7O. The zero-order chi connectivity index (χ0) is 20.1. The first kappa shape index (κ1) is 18.1. The van der Waals surface area contributed by atoms with Crippen molar-refractivity contribution in [2.45, 2.75) is 39.5 Å². The molecule has 2 aliphatic rings. The summed E-state index contributed by atoms with van der Waals surface area (Å²) in [5, 5.41) is 9.19. The third-order valence-corrected chi connectivity index (χ3v) is 6.39. The molecule has 5 rings (SSSR count). The number of fused-ring (bicyclic) bond motifs is 3. The number of hydrogen-bond acceptors (Lipinski definition) is 5. The summed E-state index contributed by atoms with van der Waals surface area (Å²) in [4.78, 5) is 22.1. The first-order valence-electron chi connectivity index (χ1n) is 10.4. The monoisotopic (exact) mass is 393 g/mol. The van der Waals surface area contributed by atoms with E-state index >= 15 is 0 Å². The molecule has 0 N–H and O–H groups in total. The van der Waals surface area contributed by atoms with Crippen molar-refractivity contribution in [1.82, 2.24) is 29.3 Å². The molecule has 0 bridgehead atoms. The number of hydrogen-bond donors (Lipinski definition) is 0. The minimum absolute atomic E-state index is 0.0839. The summed E-state index contributed by atoms with van der Waals surface area (Å²) < 4.78 is 3.78. The van der Waals surface area contributed by atoms with Gasteiger partial charge in [0.25, 0.3) is 5.91 Å². The molecule has 8 nitrogen and oxygen atoms in total. The fourth-order valence-corrected chi connectivity index (χ4v) is 4.74. The Morgan fingerprint density at radius 2 is 1.79 bits per heavy atom. The minimum atomic E-state index is 0.0839. The van der Waals surface area contributed by atoms with Gasteiger partial charge >= 0.3 is 0 Å². The van der Waals surface area contributed by atoms with Crippen molar-refractivity contribution in [1.29, 1.82) is 0 Å². The summed E-state index contributed by atoms with van der Waals surface area (Å²) in [7, 11) is 1.88. The van der Waals surface area contributed by atoms with Crippen LogP contribution >= 0.6 is 0 Å². The molecule has 0 unspecified atom stereocenters. The zero-order valence-corrected chi connectivity index (χ0v) is 17.4. The van der Waals surface area contributed by atoms with Crippen LogP contribution in [0.1, 0.15) is 45.8 Å². The molecule has 0 aromatic carbocycles. The van der Waals surface area contributed by atoms with Crippen molar-refractivity contribution < 1.29 is 4.79 Å². The van der Waals surface area contributed by atoms with Gasteiger partial charge in [0.2, 0.25) is 0 Å². The summed E-state index contributed by atoms with van der Waals surface area (Å²) >= 11 is 0. The smallest absolute Gasteiger partial charge is 0.257 e. The van der Waals surface area contributed by atoms with E-state index in [0.29, 0.717) is 13.1 Å². The third-order valence-electron chi connectivity index (χ3n) is 6.39. The quantitative estimate of drug-likeness (QED) is 0.665. The lowest BCUT2D eigenvalue weighted by atomic mass is 9.97. The zero-order valence-electron chi connectivity index (χ0n) is 17.4. The van der Waals surface area contributed by atoms with E-state index in [1.165, 1.54) is 24.1 Å². The second kappa shape index (κ2) is 6.86. The van der Waals surface area contributed by atoms with Crippen molar-refractivity contribution in [2.75, 3.05) is 31.1 Å². The van der Waals surface area contributed by atoms with Crippen LogP contribution in [-0.4, -0.2) is 61.4 Å². The number of aryl methyl sites for hydroxylation is 4. The molecule has 3 aromatic rings. The molecule has 1 aliphatic carbocycles. The fraction of sp³-hybridized carbons (Fsp3) is 0.524. The Kier molecular flexibility index (Phi) is 4.29. The van der Waals surface area contributed by atoms with Gasteiger partial charge in [-0.2, -0.15) is 10.2 Å². The number of amides is 1. The highest BCUT2D eigenvalue weighted by molar-refractivity contribution is 5.96. The van der Waals surface area contributed by atoms with E-state index in [9.17, 15) is 4.79 Å². The van der Waals surface area contributed by atoms with Crippen molar-refractivity contribution in [3.63, 3.8) is 0 Å². The number of aromatic nitrogens is 5.